The number of rotatable bonds is 4. The van der Waals surface area contributed by atoms with Crippen LogP contribution < -0.4 is 4.74 Å². The summed E-state index contributed by atoms with van der Waals surface area (Å²) in [5, 5.41) is 9.43. The van der Waals surface area contributed by atoms with Gasteiger partial charge in [0.25, 0.3) is 0 Å². The molecule has 92 valence electrons. The molecular weight excluding hydrogens is 220 g/mol. The number of aromatic hydroxyl groups is 1. The van der Waals surface area contributed by atoms with E-state index in [9.17, 15) is 9.90 Å². The smallest absolute Gasteiger partial charge is 0.333 e. The van der Waals surface area contributed by atoms with Crippen molar-refractivity contribution in [2.24, 2.45) is 0 Å². The molecule has 0 fully saturated rings. The van der Waals surface area contributed by atoms with E-state index < -0.39 is 0 Å². The number of hydrogen-bond donors (Lipinski definition) is 1. The van der Waals surface area contributed by atoms with Gasteiger partial charge in [0, 0.05) is 5.57 Å². The van der Waals surface area contributed by atoms with Crippen LogP contribution in [0.4, 0.5) is 0 Å². The van der Waals surface area contributed by atoms with E-state index in [0.29, 0.717) is 17.9 Å². The molecule has 4 nitrogen and oxygen atoms in total. The number of methoxy groups -OCH3 is 1. The molecule has 0 saturated carbocycles. The van der Waals surface area contributed by atoms with E-state index in [2.05, 4.69) is 0 Å². The highest BCUT2D eigenvalue weighted by Crippen LogP contribution is 2.27. The third-order valence-corrected chi connectivity index (χ3v) is 2.18. The fraction of sp³-hybridized carbons (Fsp3) is 0.308. The quantitative estimate of drug-likeness (QED) is 0.644. The van der Waals surface area contributed by atoms with E-state index in [1.165, 1.54) is 13.2 Å². The van der Waals surface area contributed by atoms with Gasteiger partial charge in [-0.25, -0.2) is 4.79 Å². The number of carbonyl (C=O) groups excluding carboxylic acids is 1. The topological polar surface area (TPSA) is 55.8 Å². The molecule has 1 rings (SSSR count). The van der Waals surface area contributed by atoms with E-state index >= 15 is 0 Å². The molecule has 1 aromatic carbocycles. The molecule has 0 aromatic heterocycles. The number of carbonyl (C=O) groups is 1. The number of ether oxygens (including phenoxy) is 2. The molecule has 0 unspecified atom stereocenters. The van der Waals surface area contributed by atoms with E-state index in [-0.39, 0.29) is 11.7 Å². The lowest BCUT2D eigenvalue weighted by Crippen LogP contribution is -2.04. The lowest BCUT2D eigenvalue weighted by Gasteiger charge is -2.05. The first kappa shape index (κ1) is 13.1. The minimum Gasteiger partial charge on any atom is -0.504 e. The second-order valence-electron chi connectivity index (χ2n) is 3.48. The maximum absolute atomic E-state index is 11.4. The first-order chi connectivity index (χ1) is 8.08. The predicted octanol–water partition coefficient (Wildman–Crippen LogP) is 2.37. The predicted molar refractivity (Wildman–Crippen MR) is 64.9 cm³/mol. The Bertz CT molecular complexity index is 435. The van der Waals surface area contributed by atoms with E-state index in [1.807, 2.05) is 0 Å². The van der Waals surface area contributed by atoms with Crippen molar-refractivity contribution in [3.63, 3.8) is 0 Å². The van der Waals surface area contributed by atoms with Crippen LogP contribution in [0.5, 0.6) is 11.5 Å². The lowest BCUT2D eigenvalue weighted by molar-refractivity contribution is -0.138. The Morgan fingerprint density at radius 2 is 2.18 bits per heavy atom. The van der Waals surface area contributed by atoms with Gasteiger partial charge in [-0.05, 0) is 37.6 Å². The van der Waals surface area contributed by atoms with Gasteiger partial charge in [-0.15, -0.1) is 0 Å². The molecule has 0 heterocycles. The fourth-order valence-electron chi connectivity index (χ4n) is 1.34. The Morgan fingerprint density at radius 3 is 2.76 bits per heavy atom. The van der Waals surface area contributed by atoms with Gasteiger partial charge < -0.3 is 14.6 Å². The number of esters is 1. The van der Waals surface area contributed by atoms with Crippen LogP contribution in [0.15, 0.2) is 23.8 Å². The maximum atomic E-state index is 11.4. The normalized spacial score (nSPS) is 11.1. The SMILES string of the molecule is CCOC(=O)/C(C)=C/c1ccc(O)c(OC)c1. The van der Waals surface area contributed by atoms with Gasteiger partial charge in [-0.3, -0.25) is 0 Å². The summed E-state index contributed by atoms with van der Waals surface area (Å²) in [6, 6.07) is 4.86. The first-order valence-electron chi connectivity index (χ1n) is 5.31. The average Bonchev–Trinajstić information content (AvgIpc) is 2.31. The summed E-state index contributed by atoms with van der Waals surface area (Å²) in [5.74, 6) is 0.0911. The van der Waals surface area contributed by atoms with Gasteiger partial charge in [0.15, 0.2) is 11.5 Å². The minimum atomic E-state index is -0.348. The van der Waals surface area contributed by atoms with Crippen molar-refractivity contribution in [1.82, 2.24) is 0 Å². The van der Waals surface area contributed by atoms with Gasteiger partial charge >= 0.3 is 5.97 Å². The minimum absolute atomic E-state index is 0.0680. The van der Waals surface area contributed by atoms with Gasteiger partial charge in [0.05, 0.1) is 13.7 Å². The molecule has 0 aliphatic heterocycles. The third kappa shape index (κ3) is 3.52. The largest absolute Gasteiger partial charge is 0.504 e. The second-order valence-corrected chi connectivity index (χ2v) is 3.48. The Hall–Kier alpha value is -1.97. The summed E-state index contributed by atoms with van der Waals surface area (Å²) < 4.78 is 9.85. The number of hydrogen-bond acceptors (Lipinski definition) is 4. The standard InChI is InChI=1S/C13H16O4/c1-4-17-13(15)9(2)7-10-5-6-11(14)12(8-10)16-3/h5-8,14H,4H2,1-3H3/b9-7+. The summed E-state index contributed by atoms with van der Waals surface area (Å²) in [6.45, 7) is 3.79. The summed E-state index contributed by atoms with van der Waals surface area (Å²) in [4.78, 5) is 11.4. The monoisotopic (exact) mass is 236 g/mol. The molecule has 1 N–H and O–H groups in total. The van der Waals surface area contributed by atoms with Gasteiger partial charge in [-0.2, -0.15) is 0 Å². The molecular formula is C13H16O4. The molecule has 0 spiro atoms. The molecule has 4 heteroatoms. The molecule has 0 saturated heterocycles. The van der Waals surface area contributed by atoms with E-state index in [0.717, 1.165) is 5.56 Å². The third-order valence-electron chi connectivity index (χ3n) is 2.18. The van der Waals surface area contributed by atoms with Crippen molar-refractivity contribution in [3.05, 3.63) is 29.3 Å². The van der Waals surface area contributed by atoms with Gasteiger partial charge in [0.1, 0.15) is 0 Å². The number of phenolic OH excluding ortho intramolecular Hbond substituents is 1. The van der Waals surface area contributed by atoms with Crippen LogP contribution in [0, 0.1) is 0 Å². The Kier molecular flexibility index (Phi) is 4.57. The lowest BCUT2D eigenvalue weighted by atomic mass is 10.1. The highest BCUT2D eigenvalue weighted by atomic mass is 16.5. The zero-order valence-electron chi connectivity index (χ0n) is 10.2. The summed E-state index contributed by atoms with van der Waals surface area (Å²) >= 11 is 0. The first-order valence-corrected chi connectivity index (χ1v) is 5.31. The van der Waals surface area contributed by atoms with Crippen molar-refractivity contribution in [1.29, 1.82) is 0 Å². The molecule has 0 aliphatic rings. The molecule has 0 aliphatic carbocycles. The van der Waals surface area contributed by atoms with Gasteiger partial charge in [0.2, 0.25) is 0 Å². The molecule has 17 heavy (non-hydrogen) atoms. The van der Waals surface area contributed by atoms with E-state index in [1.54, 1.807) is 32.1 Å². The molecule has 0 radical (unpaired) electrons. The maximum Gasteiger partial charge on any atom is 0.333 e. The van der Waals surface area contributed by atoms with Crippen LogP contribution in [-0.4, -0.2) is 24.8 Å². The van der Waals surface area contributed by atoms with Crippen molar-refractivity contribution in [2.75, 3.05) is 13.7 Å². The van der Waals surface area contributed by atoms with Crippen molar-refractivity contribution in [2.45, 2.75) is 13.8 Å². The van der Waals surface area contributed by atoms with Crippen LogP contribution in [0.25, 0.3) is 6.08 Å². The van der Waals surface area contributed by atoms with Gasteiger partial charge in [-0.1, -0.05) is 6.07 Å². The van der Waals surface area contributed by atoms with Crippen LogP contribution in [-0.2, 0) is 9.53 Å². The number of benzene rings is 1. The molecule has 0 bridgehead atoms. The molecule has 0 atom stereocenters. The summed E-state index contributed by atoms with van der Waals surface area (Å²) in [6.07, 6.45) is 1.68. The zero-order valence-corrected chi connectivity index (χ0v) is 10.2. The second kappa shape index (κ2) is 5.94. The Balaban J connectivity index is 2.94. The van der Waals surface area contributed by atoms with Crippen molar-refractivity contribution >= 4 is 12.0 Å². The Morgan fingerprint density at radius 1 is 1.47 bits per heavy atom. The highest BCUT2D eigenvalue weighted by molar-refractivity contribution is 5.93. The van der Waals surface area contributed by atoms with Crippen LogP contribution in [0.1, 0.15) is 19.4 Å². The van der Waals surface area contributed by atoms with Crippen molar-refractivity contribution < 1.29 is 19.4 Å². The van der Waals surface area contributed by atoms with Crippen LogP contribution in [0.2, 0.25) is 0 Å². The van der Waals surface area contributed by atoms with Crippen LogP contribution in [0.3, 0.4) is 0 Å². The summed E-state index contributed by atoms with van der Waals surface area (Å²) in [7, 11) is 1.47. The highest BCUT2D eigenvalue weighted by Gasteiger charge is 2.06. The molecule has 1 aromatic rings. The molecule has 0 amide bonds. The van der Waals surface area contributed by atoms with Crippen LogP contribution >= 0.6 is 0 Å². The number of phenols is 1. The Labute approximate surface area is 100 Å². The fourth-order valence-corrected chi connectivity index (χ4v) is 1.34. The van der Waals surface area contributed by atoms with Crippen molar-refractivity contribution in [3.8, 4) is 11.5 Å². The van der Waals surface area contributed by atoms with E-state index in [4.69, 9.17) is 9.47 Å². The average molecular weight is 236 g/mol. The summed E-state index contributed by atoms with van der Waals surface area (Å²) in [5.41, 5.74) is 1.27. The zero-order chi connectivity index (χ0) is 12.8.